The van der Waals surface area contributed by atoms with Crippen LogP contribution >= 0.6 is 11.6 Å². The number of ether oxygens (including phenoxy) is 1. The van der Waals surface area contributed by atoms with Gasteiger partial charge in [0, 0.05) is 12.4 Å². The molecule has 19 heavy (non-hydrogen) atoms. The number of pyridine rings is 1. The van der Waals surface area contributed by atoms with Gasteiger partial charge in [0.25, 0.3) is 0 Å². The SMILES string of the molecule is COc1cccc(C(C#N)=C(Cl)c2ccncc2)c1. The third-order valence-electron chi connectivity index (χ3n) is 2.62. The van der Waals surface area contributed by atoms with E-state index < -0.39 is 0 Å². The molecule has 0 aliphatic carbocycles. The molecule has 0 aliphatic heterocycles. The Balaban J connectivity index is 2.53. The van der Waals surface area contributed by atoms with Crippen molar-refractivity contribution in [3.05, 3.63) is 59.9 Å². The Kier molecular flexibility index (Phi) is 4.17. The number of aromatic nitrogens is 1. The third-order valence-corrected chi connectivity index (χ3v) is 3.03. The molecule has 0 unspecified atom stereocenters. The number of benzene rings is 1. The van der Waals surface area contributed by atoms with E-state index in [9.17, 15) is 5.26 Å². The molecule has 4 heteroatoms. The Bertz CT molecular complexity index is 645. The molecular weight excluding hydrogens is 260 g/mol. The molecule has 1 aromatic carbocycles. The Hall–Kier alpha value is -2.31. The highest BCUT2D eigenvalue weighted by atomic mass is 35.5. The average Bonchev–Trinajstić information content (AvgIpc) is 2.49. The fourth-order valence-electron chi connectivity index (χ4n) is 1.66. The van der Waals surface area contributed by atoms with Crippen LogP contribution in [0.3, 0.4) is 0 Å². The first kappa shape index (κ1) is 13.1. The minimum absolute atomic E-state index is 0.401. The van der Waals surface area contributed by atoms with Crippen molar-refractivity contribution in [3.63, 3.8) is 0 Å². The smallest absolute Gasteiger partial charge is 0.119 e. The van der Waals surface area contributed by atoms with Gasteiger partial charge in [-0.05, 0) is 35.4 Å². The van der Waals surface area contributed by atoms with Crippen molar-refractivity contribution in [1.29, 1.82) is 5.26 Å². The zero-order valence-electron chi connectivity index (χ0n) is 10.3. The maximum absolute atomic E-state index is 9.33. The Morgan fingerprint density at radius 3 is 2.58 bits per heavy atom. The summed E-state index contributed by atoms with van der Waals surface area (Å²) in [5, 5.41) is 9.73. The number of hydrogen-bond donors (Lipinski definition) is 0. The molecule has 0 aliphatic rings. The Morgan fingerprint density at radius 1 is 1.21 bits per heavy atom. The fourth-order valence-corrected chi connectivity index (χ4v) is 1.94. The summed E-state index contributed by atoms with van der Waals surface area (Å²) in [6, 6.07) is 12.9. The monoisotopic (exact) mass is 270 g/mol. The summed E-state index contributed by atoms with van der Waals surface area (Å²) in [7, 11) is 1.58. The van der Waals surface area contributed by atoms with E-state index in [4.69, 9.17) is 16.3 Å². The van der Waals surface area contributed by atoms with Gasteiger partial charge in [0.15, 0.2) is 0 Å². The fraction of sp³-hybridized carbons (Fsp3) is 0.0667. The lowest BCUT2D eigenvalue weighted by atomic mass is 10.0. The molecule has 0 amide bonds. The molecule has 0 N–H and O–H groups in total. The van der Waals surface area contributed by atoms with Crippen LogP contribution in [0.4, 0.5) is 0 Å². The largest absolute Gasteiger partial charge is 0.497 e. The predicted octanol–water partition coefficient (Wildman–Crippen LogP) is 3.72. The van der Waals surface area contributed by atoms with Crippen LogP contribution in [-0.4, -0.2) is 12.1 Å². The van der Waals surface area contributed by atoms with Gasteiger partial charge in [0.1, 0.15) is 11.8 Å². The van der Waals surface area contributed by atoms with Gasteiger partial charge in [0.2, 0.25) is 0 Å². The summed E-state index contributed by atoms with van der Waals surface area (Å²) in [6.45, 7) is 0. The van der Waals surface area contributed by atoms with Crippen LogP contribution in [0.15, 0.2) is 48.8 Å². The number of allylic oxidation sites excluding steroid dienone is 1. The number of rotatable bonds is 3. The lowest BCUT2D eigenvalue weighted by Crippen LogP contribution is -1.89. The van der Waals surface area contributed by atoms with Crippen molar-refractivity contribution < 1.29 is 4.74 Å². The molecule has 0 radical (unpaired) electrons. The van der Waals surface area contributed by atoms with Gasteiger partial charge in [-0.3, -0.25) is 4.98 Å². The maximum atomic E-state index is 9.33. The van der Waals surface area contributed by atoms with E-state index >= 15 is 0 Å². The zero-order chi connectivity index (χ0) is 13.7. The molecule has 2 rings (SSSR count). The summed E-state index contributed by atoms with van der Waals surface area (Å²) >= 11 is 6.29. The van der Waals surface area contributed by atoms with Gasteiger partial charge < -0.3 is 4.74 Å². The Morgan fingerprint density at radius 2 is 1.95 bits per heavy atom. The number of nitriles is 1. The second kappa shape index (κ2) is 6.03. The lowest BCUT2D eigenvalue weighted by molar-refractivity contribution is 0.414. The van der Waals surface area contributed by atoms with E-state index in [-0.39, 0.29) is 0 Å². The van der Waals surface area contributed by atoms with Crippen molar-refractivity contribution in [2.24, 2.45) is 0 Å². The highest BCUT2D eigenvalue weighted by molar-refractivity contribution is 6.53. The van der Waals surface area contributed by atoms with Crippen LogP contribution < -0.4 is 4.74 Å². The van der Waals surface area contributed by atoms with Crippen molar-refractivity contribution in [1.82, 2.24) is 4.98 Å². The zero-order valence-corrected chi connectivity index (χ0v) is 11.1. The van der Waals surface area contributed by atoms with Gasteiger partial charge in [-0.15, -0.1) is 0 Å². The molecule has 0 saturated carbocycles. The van der Waals surface area contributed by atoms with Gasteiger partial charge in [-0.25, -0.2) is 0 Å². The number of hydrogen-bond acceptors (Lipinski definition) is 3. The average molecular weight is 271 g/mol. The van der Waals surface area contributed by atoms with Crippen LogP contribution in [0.25, 0.3) is 10.6 Å². The van der Waals surface area contributed by atoms with Gasteiger partial charge >= 0.3 is 0 Å². The first-order chi connectivity index (χ1) is 9.26. The number of nitrogens with zero attached hydrogens (tertiary/aromatic N) is 2. The summed E-state index contributed by atoms with van der Waals surface area (Å²) in [4.78, 5) is 3.93. The minimum atomic E-state index is 0.401. The maximum Gasteiger partial charge on any atom is 0.119 e. The van der Waals surface area contributed by atoms with Crippen LogP contribution in [-0.2, 0) is 0 Å². The summed E-state index contributed by atoms with van der Waals surface area (Å²) in [5.41, 5.74) is 1.89. The standard InChI is InChI=1S/C15H11ClN2O/c1-19-13-4-2-3-12(9-13)14(10-17)15(16)11-5-7-18-8-6-11/h2-9H,1H3. The highest BCUT2D eigenvalue weighted by Crippen LogP contribution is 2.30. The quantitative estimate of drug-likeness (QED) is 0.799. The number of methoxy groups -OCH3 is 1. The van der Waals surface area contributed by atoms with Gasteiger partial charge in [0.05, 0.1) is 17.7 Å². The third kappa shape index (κ3) is 2.93. The summed E-state index contributed by atoms with van der Waals surface area (Å²) < 4.78 is 5.15. The predicted molar refractivity (Wildman–Crippen MR) is 75.5 cm³/mol. The highest BCUT2D eigenvalue weighted by Gasteiger charge is 2.10. The first-order valence-electron chi connectivity index (χ1n) is 5.61. The molecule has 0 atom stereocenters. The molecule has 0 bridgehead atoms. The molecular formula is C15H11ClN2O. The van der Waals surface area contributed by atoms with E-state index in [2.05, 4.69) is 11.1 Å². The molecule has 3 nitrogen and oxygen atoms in total. The van der Waals surface area contributed by atoms with E-state index in [1.807, 2.05) is 18.2 Å². The minimum Gasteiger partial charge on any atom is -0.497 e. The molecule has 0 saturated heterocycles. The Labute approximate surface area is 116 Å². The van der Waals surface area contributed by atoms with Crippen LogP contribution in [0, 0.1) is 11.3 Å². The van der Waals surface area contributed by atoms with Gasteiger partial charge in [-0.1, -0.05) is 23.7 Å². The molecule has 0 spiro atoms. The van der Waals surface area contributed by atoms with Crippen molar-refractivity contribution >= 4 is 22.2 Å². The molecule has 1 heterocycles. The van der Waals surface area contributed by atoms with Crippen molar-refractivity contribution in [2.75, 3.05) is 7.11 Å². The summed E-state index contributed by atoms with van der Waals surface area (Å²) in [6.07, 6.45) is 3.27. The van der Waals surface area contributed by atoms with Crippen LogP contribution in [0.2, 0.25) is 0 Å². The van der Waals surface area contributed by atoms with Crippen LogP contribution in [0.1, 0.15) is 11.1 Å². The first-order valence-corrected chi connectivity index (χ1v) is 5.98. The van der Waals surface area contributed by atoms with E-state index in [0.717, 1.165) is 11.1 Å². The lowest BCUT2D eigenvalue weighted by Gasteiger charge is -2.06. The topological polar surface area (TPSA) is 45.9 Å². The molecule has 94 valence electrons. The van der Waals surface area contributed by atoms with Crippen LogP contribution in [0.5, 0.6) is 5.75 Å². The number of halogens is 1. The van der Waals surface area contributed by atoms with Crippen molar-refractivity contribution in [3.8, 4) is 11.8 Å². The molecule has 1 aromatic heterocycles. The van der Waals surface area contributed by atoms with E-state index in [0.29, 0.717) is 16.4 Å². The summed E-state index contributed by atoms with van der Waals surface area (Å²) in [5.74, 6) is 0.685. The van der Waals surface area contributed by atoms with Crippen molar-refractivity contribution in [2.45, 2.75) is 0 Å². The second-order valence-corrected chi connectivity index (χ2v) is 4.15. The van der Waals surface area contributed by atoms with Gasteiger partial charge in [-0.2, -0.15) is 5.26 Å². The normalized spacial score (nSPS) is 11.4. The van der Waals surface area contributed by atoms with E-state index in [1.54, 1.807) is 37.7 Å². The molecule has 0 fully saturated rings. The second-order valence-electron chi connectivity index (χ2n) is 3.77. The van der Waals surface area contributed by atoms with E-state index in [1.165, 1.54) is 0 Å². The molecule has 2 aromatic rings.